The average Bonchev–Trinajstić information content (AvgIpc) is 3.29. The number of amides is 1. The molecule has 3 aromatic rings. The maximum atomic E-state index is 14.5. The monoisotopic (exact) mass is 566 g/mol. The minimum absolute atomic E-state index is 0.0300. The first-order chi connectivity index (χ1) is 17.3. The molecule has 0 spiro atoms. The lowest BCUT2D eigenvalue weighted by atomic mass is 10.0. The fourth-order valence-electron chi connectivity index (χ4n) is 4.19. The fraction of sp³-hybridized carbons (Fsp3) is 0.391. The predicted octanol–water partition coefficient (Wildman–Crippen LogP) is 3.65. The van der Waals surface area contributed by atoms with E-state index in [4.69, 9.17) is 9.15 Å². The minimum atomic E-state index is -2.85. The Morgan fingerprint density at radius 3 is 2.58 bits per heavy atom. The van der Waals surface area contributed by atoms with Gasteiger partial charge in [0.1, 0.15) is 5.82 Å². The van der Waals surface area contributed by atoms with Crippen LogP contribution in [0, 0.1) is 5.82 Å². The van der Waals surface area contributed by atoms with Crippen molar-refractivity contribution in [3.63, 3.8) is 0 Å². The molecule has 2 fully saturated rings. The molecule has 0 unspecified atom stereocenters. The molecule has 36 heavy (non-hydrogen) atoms. The first kappa shape index (κ1) is 24.7. The van der Waals surface area contributed by atoms with Crippen molar-refractivity contribution in [2.75, 3.05) is 43.2 Å². The van der Waals surface area contributed by atoms with Crippen molar-refractivity contribution < 1.29 is 27.1 Å². The van der Waals surface area contributed by atoms with Crippen LogP contribution < -0.4 is 9.80 Å². The summed E-state index contributed by atoms with van der Waals surface area (Å²) >= 11 is 3.24. The Morgan fingerprint density at radius 1 is 1.22 bits per heavy atom. The van der Waals surface area contributed by atoms with Gasteiger partial charge in [-0.1, -0.05) is 0 Å². The van der Waals surface area contributed by atoms with E-state index in [9.17, 15) is 18.0 Å². The van der Waals surface area contributed by atoms with Gasteiger partial charge >= 0.3 is 6.43 Å². The lowest BCUT2D eigenvalue weighted by molar-refractivity contribution is -0.111. The molecule has 0 saturated carbocycles. The number of aromatic nitrogens is 3. The summed E-state index contributed by atoms with van der Waals surface area (Å²) in [5.74, 6) is -1.27. The van der Waals surface area contributed by atoms with Crippen LogP contribution in [-0.2, 0) is 16.1 Å². The maximum Gasteiger partial charge on any atom is 0.314 e. The Kier molecular flexibility index (Phi) is 6.95. The Morgan fingerprint density at radius 2 is 2.00 bits per heavy atom. The van der Waals surface area contributed by atoms with Gasteiger partial charge in [0.05, 0.1) is 58.9 Å². The summed E-state index contributed by atoms with van der Waals surface area (Å²) in [5.41, 5.74) is 2.13. The van der Waals surface area contributed by atoms with Gasteiger partial charge < -0.3 is 19.0 Å². The van der Waals surface area contributed by atoms with Gasteiger partial charge in [-0.3, -0.25) is 14.7 Å². The number of anilines is 2. The van der Waals surface area contributed by atoms with Gasteiger partial charge in [-0.15, -0.1) is 10.2 Å². The third kappa shape index (κ3) is 4.82. The molecule has 13 heteroatoms. The molecular formula is C23H22BrF3N6O3. The van der Waals surface area contributed by atoms with Crippen LogP contribution in [0.4, 0.5) is 24.5 Å². The van der Waals surface area contributed by atoms with Crippen LogP contribution in [-0.4, -0.2) is 71.9 Å². The molecule has 0 atom stereocenters. The van der Waals surface area contributed by atoms with Crippen molar-refractivity contribution in [3.05, 3.63) is 52.3 Å². The summed E-state index contributed by atoms with van der Waals surface area (Å²) < 4.78 is 50.4. The number of carbonyl (C=O) groups excluding carboxylic acids is 1. The second kappa shape index (κ2) is 10.1. The van der Waals surface area contributed by atoms with Crippen LogP contribution in [0.3, 0.4) is 0 Å². The highest BCUT2D eigenvalue weighted by molar-refractivity contribution is 9.10. The number of halogens is 4. The van der Waals surface area contributed by atoms with Crippen LogP contribution in [0.1, 0.15) is 18.0 Å². The highest BCUT2D eigenvalue weighted by atomic mass is 79.9. The number of alkyl halides is 2. The highest BCUT2D eigenvalue weighted by Gasteiger charge is 2.39. The van der Waals surface area contributed by atoms with Crippen LogP contribution >= 0.6 is 15.9 Å². The third-order valence-electron chi connectivity index (χ3n) is 6.34. The van der Waals surface area contributed by atoms with Gasteiger partial charge in [0.25, 0.3) is 5.89 Å². The topological polar surface area (TPSA) is 87.8 Å². The zero-order valence-corrected chi connectivity index (χ0v) is 20.7. The zero-order valence-electron chi connectivity index (χ0n) is 19.2. The number of rotatable bonds is 9. The second-order valence-corrected chi connectivity index (χ2v) is 9.56. The molecule has 0 aliphatic carbocycles. The number of hydrogen-bond donors (Lipinski definition) is 0. The molecule has 1 amide bonds. The first-order valence-corrected chi connectivity index (χ1v) is 12.0. The molecule has 0 radical (unpaired) electrons. The summed E-state index contributed by atoms with van der Waals surface area (Å²) in [5, 5.41) is 6.93. The Labute approximate surface area is 213 Å². The summed E-state index contributed by atoms with van der Waals surface area (Å²) in [7, 11) is 1.77. The van der Waals surface area contributed by atoms with E-state index in [0.717, 1.165) is 19.5 Å². The Hall–Kier alpha value is -3.03. The van der Waals surface area contributed by atoms with Crippen LogP contribution in [0.2, 0.25) is 0 Å². The molecule has 1 aromatic carbocycles. The molecule has 4 heterocycles. The predicted molar refractivity (Wildman–Crippen MR) is 127 cm³/mol. The number of pyridine rings is 1. The average molecular weight is 567 g/mol. The van der Waals surface area contributed by atoms with Crippen molar-refractivity contribution in [1.29, 1.82) is 0 Å². The van der Waals surface area contributed by atoms with Crippen LogP contribution in [0.15, 0.2) is 39.4 Å². The molecule has 2 aliphatic heterocycles. The van der Waals surface area contributed by atoms with E-state index in [1.54, 1.807) is 35.0 Å². The maximum absolute atomic E-state index is 14.5. The number of carbonyl (C=O) groups is 1. The normalized spacial score (nSPS) is 16.6. The summed E-state index contributed by atoms with van der Waals surface area (Å²) in [6, 6.07) is 6.67. The summed E-state index contributed by atoms with van der Waals surface area (Å²) in [4.78, 5) is 22.2. The number of ether oxygens (including phenoxy) is 1. The molecular weight excluding hydrogens is 545 g/mol. The number of nitrogens with zero attached hydrogens (tertiary/aromatic N) is 6. The molecule has 0 bridgehead atoms. The second-order valence-electron chi connectivity index (χ2n) is 8.71. The highest BCUT2D eigenvalue weighted by Crippen LogP contribution is 2.37. The van der Waals surface area contributed by atoms with Gasteiger partial charge in [-0.2, -0.15) is 8.78 Å². The van der Waals surface area contributed by atoms with E-state index >= 15 is 0 Å². The zero-order chi connectivity index (χ0) is 25.4. The third-order valence-corrected chi connectivity index (χ3v) is 6.95. The van der Waals surface area contributed by atoms with Gasteiger partial charge in [0, 0.05) is 32.4 Å². The smallest absolute Gasteiger partial charge is 0.314 e. The van der Waals surface area contributed by atoms with Crippen molar-refractivity contribution >= 4 is 33.7 Å². The van der Waals surface area contributed by atoms with Crippen molar-refractivity contribution in [2.24, 2.45) is 0 Å². The van der Waals surface area contributed by atoms with Gasteiger partial charge in [0.2, 0.25) is 12.3 Å². The molecule has 190 valence electrons. The minimum Gasteiger partial charge on any atom is -0.415 e. The van der Waals surface area contributed by atoms with E-state index in [0.29, 0.717) is 48.4 Å². The molecule has 2 aliphatic rings. The van der Waals surface area contributed by atoms with E-state index in [-0.39, 0.29) is 16.4 Å². The lowest BCUT2D eigenvalue weighted by Crippen LogP contribution is -2.66. The van der Waals surface area contributed by atoms with Gasteiger partial charge in [-0.05, 0) is 34.1 Å². The molecule has 9 nitrogen and oxygen atoms in total. The standard InChI is InChI=1S/C23H22BrF3N6O3/c1-31(7-14-3-2-13(6-28-14)22-29-30-23(36-22)21(26)27)19-5-18(25)17(24)4-20(19)33(12-34)15-8-32(9-15)16-10-35-11-16/h2-6,12,15-16,21H,7-11H2,1H3. The number of likely N-dealkylation sites (tertiary alicyclic amines) is 1. The largest absolute Gasteiger partial charge is 0.415 e. The Balaban J connectivity index is 1.33. The number of hydrogen-bond acceptors (Lipinski definition) is 8. The van der Waals surface area contributed by atoms with E-state index < -0.39 is 18.1 Å². The lowest BCUT2D eigenvalue weighted by Gasteiger charge is -2.50. The Bertz CT molecular complexity index is 1230. The van der Waals surface area contributed by atoms with E-state index in [1.165, 1.54) is 12.3 Å². The van der Waals surface area contributed by atoms with Crippen LogP contribution in [0.25, 0.3) is 11.5 Å². The summed E-state index contributed by atoms with van der Waals surface area (Å²) in [6.07, 6.45) is -0.630. The van der Waals surface area contributed by atoms with Crippen molar-refractivity contribution in [2.45, 2.75) is 25.1 Å². The van der Waals surface area contributed by atoms with Crippen molar-refractivity contribution in [3.8, 4) is 11.5 Å². The van der Waals surface area contributed by atoms with E-state index in [2.05, 4.69) is 36.0 Å². The van der Waals surface area contributed by atoms with Gasteiger partial charge in [0.15, 0.2) is 0 Å². The molecule has 0 N–H and O–H groups in total. The fourth-order valence-corrected chi connectivity index (χ4v) is 4.52. The molecule has 2 saturated heterocycles. The number of benzene rings is 1. The van der Waals surface area contributed by atoms with Gasteiger partial charge in [-0.25, -0.2) is 4.39 Å². The van der Waals surface area contributed by atoms with E-state index in [1.807, 2.05) is 0 Å². The summed E-state index contributed by atoms with van der Waals surface area (Å²) in [6.45, 7) is 3.14. The van der Waals surface area contributed by atoms with Crippen molar-refractivity contribution in [1.82, 2.24) is 20.1 Å². The van der Waals surface area contributed by atoms with Crippen LogP contribution in [0.5, 0.6) is 0 Å². The quantitative estimate of drug-likeness (QED) is 0.363. The first-order valence-electron chi connectivity index (χ1n) is 11.2. The molecule has 5 rings (SSSR count). The molecule has 2 aromatic heterocycles. The SMILES string of the molecule is CN(Cc1ccc(-c2nnc(C(F)F)o2)cn1)c1cc(F)c(Br)cc1N(C=O)C1CN(C2COC2)C1.